The van der Waals surface area contributed by atoms with Crippen molar-refractivity contribution in [2.24, 2.45) is 0 Å². The van der Waals surface area contributed by atoms with Crippen molar-refractivity contribution in [1.82, 2.24) is 10.2 Å². The van der Waals surface area contributed by atoms with E-state index in [2.05, 4.69) is 31.4 Å². The van der Waals surface area contributed by atoms with Gasteiger partial charge in [0.2, 0.25) is 5.91 Å². The Hall–Kier alpha value is -2.52. The van der Waals surface area contributed by atoms with E-state index in [-0.39, 0.29) is 18.3 Å². The molecule has 140 valence electrons. The second kappa shape index (κ2) is 9.43. The lowest BCUT2D eigenvalue weighted by atomic mass is 10.3. The Labute approximate surface area is 168 Å². The molecule has 27 heavy (non-hydrogen) atoms. The third-order valence-electron chi connectivity index (χ3n) is 3.31. The molecule has 0 unspecified atom stereocenters. The van der Waals surface area contributed by atoms with Gasteiger partial charge in [0.1, 0.15) is 11.5 Å². The molecule has 9 heteroatoms. The van der Waals surface area contributed by atoms with Gasteiger partial charge in [-0.15, -0.1) is 10.2 Å². The normalized spacial score (nSPS) is 10.4. The van der Waals surface area contributed by atoms with Crippen molar-refractivity contribution in [3.05, 3.63) is 58.9 Å². The zero-order valence-electron chi connectivity index (χ0n) is 14.3. The summed E-state index contributed by atoms with van der Waals surface area (Å²) in [5.74, 6) is 1.67. The Morgan fingerprint density at radius 3 is 2.74 bits per heavy atom. The van der Waals surface area contributed by atoms with Crippen LogP contribution in [0.25, 0.3) is 0 Å². The minimum absolute atomic E-state index is 0.131. The topological polar surface area (TPSA) is 86.5 Å². The van der Waals surface area contributed by atoms with Gasteiger partial charge in [-0.3, -0.25) is 4.79 Å². The summed E-state index contributed by atoms with van der Waals surface area (Å²) in [6.07, 6.45) is 0. The first-order valence-electron chi connectivity index (χ1n) is 7.90. The number of hydrogen-bond donors (Lipinski definition) is 1. The van der Waals surface area contributed by atoms with Gasteiger partial charge >= 0.3 is 0 Å². The van der Waals surface area contributed by atoms with Gasteiger partial charge in [-0.2, -0.15) is 0 Å². The summed E-state index contributed by atoms with van der Waals surface area (Å²) in [5.41, 5.74) is 0.724. The lowest BCUT2D eigenvalue weighted by Crippen LogP contribution is -2.13. The molecule has 0 fully saturated rings. The minimum Gasteiger partial charge on any atom is -0.497 e. The number of nitrogens with zero attached hydrogens (tertiary/aromatic N) is 2. The summed E-state index contributed by atoms with van der Waals surface area (Å²) in [7, 11) is 1.59. The first-order chi connectivity index (χ1) is 13.1. The van der Waals surface area contributed by atoms with Gasteiger partial charge in [-0.1, -0.05) is 33.8 Å². The second-order valence-corrected chi connectivity index (χ2v) is 7.12. The van der Waals surface area contributed by atoms with E-state index in [0.29, 0.717) is 22.6 Å². The van der Waals surface area contributed by atoms with Crippen LogP contribution < -0.4 is 14.8 Å². The fraction of sp³-hybridized carbons (Fsp3) is 0.167. The Morgan fingerprint density at radius 1 is 1.19 bits per heavy atom. The molecular formula is C18H16BrN3O4S. The number of rotatable bonds is 8. The molecule has 1 amide bonds. The maximum atomic E-state index is 12.0. The monoisotopic (exact) mass is 449 g/mol. The standard InChI is InChI=1S/C18H16BrN3O4S/c1-24-14-3-2-4-15(9-14)25-10-17-21-22-18(26-17)27-11-16(23)20-13-7-5-12(19)6-8-13/h2-9H,10-11H2,1H3,(H,20,23). The first-order valence-corrected chi connectivity index (χ1v) is 9.67. The van der Waals surface area contributed by atoms with Gasteiger partial charge in [0, 0.05) is 16.2 Å². The van der Waals surface area contributed by atoms with Gasteiger partial charge < -0.3 is 19.2 Å². The molecule has 0 bridgehead atoms. The Balaban J connectivity index is 1.46. The highest BCUT2D eigenvalue weighted by molar-refractivity contribution is 9.10. The molecule has 0 atom stereocenters. The van der Waals surface area contributed by atoms with E-state index in [1.54, 1.807) is 19.2 Å². The number of nitrogens with one attached hydrogen (secondary N) is 1. The van der Waals surface area contributed by atoms with Crippen molar-refractivity contribution in [2.45, 2.75) is 11.8 Å². The average molecular weight is 450 g/mol. The predicted octanol–water partition coefficient (Wildman–Crippen LogP) is 4.15. The molecule has 1 heterocycles. The fourth-order valence-corrected chi connectivity index (χ4v) is 2.89. The first kappa shape index (κ1) is 19.2. The summed E-state index contributed by atoms with van der Waals surface area (Å²) in [4.78, 5) is 12.0. The predicted molar refractivity (Wildman–Crippen MR) is 105 cm³/mol. The van der Waals surface area contributed by atoms with Crippen LogP contribution in [0.2, 0.25) is 0 Å². The molecule has 0 saturated heterocycles. The smallest absolute Gasteiger partial charge is 0.277 e. The maximum Gasteiger partial charge on any atom is 0.277 e. The van der Waals surface area contributed by atoms with Crippen LogP contribution in [-0.2, 0) is 11.4 Å². The lowest BCUT2D eigenvalue weighted by molar-refractivity contribution is -0.113. The molecule has 0 radical (unpaired) electrons. The van der Waals surface area contributed by atoms with Crippen LogP contribution in [0, 0.1) is 0 Å². The zero-order valence-corrected chi connectivity index (χ0v) is 16.7. The number of ether oxygens (including phenoxy) is 2. The number of amides is 1. The van der Waals surface area contributed by atoms with Crippen molar-refractivity contribution in [3.63, 3.8) is 0 Å². The van der Waals surface area contributed by atoms with Crippen molar-refractivity contribution < 1.29 is 18.7 Å². The average Bonchev–Trinajstić information content (AvgIpc) is 3.15. The van der Waals surface area contributed by atoms with Crippen LogP contribution in [0.3, 0.4) is 0 Å². The lowest BCUT2D eigenvalue weighted by Gasteiger charge is -2.05. The van der Waals surface area contributed by atoms with Gasteiger partial charge in [-0.05, 0) is 36.4 Å². The summed E-state index contributed by atoms with van der Waals surface area (Å²) in [5, 5.41) is 10.9. The molecular weight excluding hydrogens is 434 g/mol. The summed E-state index contributed by atoms with van der Waals surface area (Å²) in [6.45, 7) is 0.131. The highest BCUT2D eigenvalue weighted by atomic mass is 79.9. The Bertz CT molecular complexity index is 902. The molecule has 7 nitrogen and oxygen atoms in total. The van der Waals surface area contributed by atoms with E-state index in [9.17, 15) is 4.79 Å². The van der Waals surface area contributed by atoms with Crippen LogP contribution in [0.1, 0.15) is 5.89 Å². The van der Waals surface area contributed by atoms with Crippen LogP contribution in [0.5, 0.6) is 11.5 Å². The van der Waals surface area contributed by atoms with Crippen molar-refractivity contribution in [3.8, 4) is 11.5 Å². The summed E-state index contributed by atoms with van der Waals surface area (Å²) < 4.78 is 17.2. The van der Waals surface area contributed by atoms with E-state index in [1.807, 2.05) is 36.4 Å². The van der Waals surface area contributed by atoms with Gasteiger partial charge in [0.25, 0.3) is 11.1 Å². The van der Waals surface area contributed by atoms with E-state index in [0.717, 1.165) is 21.9 Å². The highest BCUT2D eigenvalue weighted by Gasteiger charge is 2.11. The van der Waals surface area contributed by atoms with E-state index in [4.69, 9.17) is 13.9 Å². The minimum atomic E-state index is -0.158. The highest BCUT2D eigenvalue weighted by Crippen LogP contribution is 2.21. The van der Waals surface area contributed by atoms with Crippen LogP contribution in [0.15, 0.2) is 62.6 Å². The number of thioether (sulfide) groups is 1. The van der Waals surface area contributed by atoms with Crippen LogP contribution >= 0.6 is 27.7 Å². The summed E-state index contributed by atoms with van der Waals surface area (Å²) in [6, 6.07) is 14.6. The molecule has 3 aromatic rings. The molecule has 0 aliphatic heterocycles. The molecule has 1 N–H and O–H groups in total. The van der Waals surface area contributed by atoms with Crippen LogP contribution in [0.4, 0.5) is 5.69 Å². The number of aromatic nitrogens is 2. The number of anilines is 1. The van der Waals surface area contributed by atoms with Gasteiger partial charge in [0.15, 0.2) is 6.61 Å². The number of methoxy groups -OCH3 is 1. The van der Waals surface area contributed by atoms with E-state index >= 15 is 0 Å². The van der Waals surface area contributed by atoms with E-state index < -0.39 is 0 Å². The molecule has 0 spiro atoms. The van der Waals surface area contributed by atoms with Gasteiger partial charge in [0.05, 0.1) is 12.9 Å². The van der Waals surface area contributed by atoms with E-state index in [1.165, 1.54) is 0 Å². The molecule has 0 aliphatic rings. The maximum absolute atomic E-state index is 12.0. The van der Waals surface area contributed by atoms with Gasteiger partial charge in [-0.25, -0.2) is 0 Å². The molecule has 2 aromatic carbocycles. The number of benzene rings is 2. The SMILES string of the molecule is COc1cccc(OCc2nnc(SCC(=O)Nc3ccc(Br)cc3)o2)c1. The largest absolute Gasteiger partial charge is 0.497 e. The third-order valence-corrected chi connectivity index (χ3v) is 4.65. The molecule has 3 rings (SSSR count). The van der Waals surface area contributed by atoms with Crippen molar-refractivity contribution >= 4 is 39.3 Å². The molecule has 0 saturated carbocycles. The number of carbonyl (C=O) groups is 1. The third kappa shape index (κ3) is 6.00. The number of hydrogen-bond acceptors (Lipinski definition) is 7. The Morgan fingerprint density at radius 2 is 1.96 bits per heavy atom. The number of carbonyl (C=O) groups excluding carboxylic acids is 1. The molecule has 0 aliphatic carbocycles. The zero-order chi connectivity index (χ0) is 19.1. The van der Waals surface area contributed by atoms with Crippen LogP contribution in [-0.4, -0.2) is 29.0 Å². The Kier molecular flexibility index (Phi) is 6.72. The quantitative estimate of drug-likeness (QED) is 0.516. The second-order valence-electron chi connectivity index (χ2n) is 5.27. The summed E-state index contributed by atoms with van der Waals surface area (Å²) >= 11 is 4.51. The number of halogens is 1. The van der Waals surface area contributed by atoms with Crippen molar-refractivity contribution in [2.75, 3.05) is 18.2 Å². The van der Waals surface area contributed by atoms with Crippen molar-refractivity contribution in [1.29, 1.82) is 0 Å². The molecule has 1 aromatic heterocycles. The fourth-order valence-electron chi connectivity index (χ4n) is 2.05.